The van der Waals surface area contributed by atoms with Crippen LogP contribution in [0.2, 0.25) is 0 Å². The Morgan fingerprint density at radius 1 is 1.28 bits per heavy atom. The molecule has 1 fully saturated rings. The van der Waals surface area contributed by atoms with Gasteiger partial charge in [-0.1, -0.05) is 12.1 Å². The smallest absolute Gasteiger partial charge is 0.468 e. The number of esters is 1. The minimum atomic E-state index is -0.690. The van der Waals surface area contributed by atoms with Crippen molar-refractivity contribution in [1.29, 1.82) is 0 Å². The Bertz CT molecular complexity index is 783. The number of hydrogen-bond acceptors (Lipinski definition) is 5. The highest BCUT2D eigenvalue weighted by molar-refractivity contribution is 6.62. The second kappa shape index (κ2) is 6.16. The fourth-order valence-corrected chi connectivity index (χ4v) is 2.96. The van der Waals surface area contributed by atoms with E-state index in [9.17, 15) is 4.79 Å². The number of carbonyl (C=O) groups is 1. The van der Waals surface area contributed by atoms with Crippen LogP contribution in [0.5, 0.6) is 0 Å². The lowest BCUT2D eigenvalue weighted by Crippen LogP contribution is -2.41. The minimum absolute atomic E-state index is 0.388. The number of fused-ring (bicyclic) bond motifs is 1. The molecular formula is C18H25BN2O4. The summed E-state index contributed by atoms with van der Waals surface area (Å²) in [4.78, 5) is 14.8. The molecule has 1 atom stereocenters. The maximum Gasteiger partial charge on any atom is 0.494 e. The first-order valence-electron chi connectivity index (χ1n) is 8.43. The summed E-state index contributed by atoms with van der Waals surface area (Å²) in [6.45, 7) is 8.12. The molecule has 1 saturated heterocycles. The molecule has 2 aromatic rings. The number of aromatic nitrogens is 1. The fourth-order valence-electron chi connectivity index (χ4n) is 2.96. The topological polar surface area (TPSA) is 86.6 Å². The Morgan fingerprint density at radius 3 is 2.52 bits per heavy atom. The Morgan fingerprint density at radius 2 is 1.92 bits per heavy atom. The Hall–Kier alpha value is -1.83. The van der Waals surface area contributed by atoms with Crippen molar-refractivity contribution in [3.63, 3.8) is 0 Å². The van der Waals surface area contributed by atoms with Crippen LogP contribution >= 0.6 is 0 Å². The summed E-state index contributed by atoms with van der Waals surface area (Å²) in [6.07, 6.45) is 2.28. The number of nitrogens with one attached hydrogen (secondary N) is 1. The van der Waals surface area contributed by atoms with Gasteiger partial charge in [0.05, 0.1) is 18.3 Å². The lowest BCUT2D eigenvalue weighted by molar-refractivity contribution is -0.142. The zero-order valence-electron chi connectivity index (χ0n) is 15.4. The first kappa shape index (κ1) is 18.0. The molecule has 7 heteroatoms. The van der Waals surface area contributed by atoms with Crippen LogP contribution in [-0.2, 0) is 25.3 Å². The summed E-state index contributed by atoms with van der Waals surface area (Å²) in [7, 11) is 0.916. The van der Waals surface area contributed by atoms with Crippen LogP contribution in [0.25, 0.3) is 10.9 Å². The van der Waals surface area contributed by atoms with Crippen molar-refractivity contribution in [2.45, 2.75) is 51.4 Å². The zero-order chi connectivity index (χ0) is 18.4. The number of rotatable bonds is 4. The lowest BCUT2D eigenvalue weighted by Gasteiger charge is -2.32. The SMILES string of the molecule is COC(=O)C(N)Cc1c[nH]c2ccc(B3OC(C)(C)C(C)(C)O3)cc12. The molecule has 3 rings (SSSR count). The molecular weight excluding hydrogens is 319 g/mol. The molecule has 3 N–H and O–H groups in total. The average Bonchev–Trinajstić information content (AvgIpc) is 3.04. The van der Waals surface area contributed by atoms with E-state index in [1.807, 2.05) is 52.1 Å². The number of H-pyrrole nitrogens is 1. The first-order valence-corrected chi connectivity index (χ1v) is 8.43. The maximum atomic E-state index is 11.6. The maximum absolute atomic E-state index is 11.6. The molecule has 134 valence electrons. The van der Waals surface area contributed by atoms with Crippen LogP contribution in [0.4, 0.5) is 0 Å². The molecule has 1 aliphatic heterocycles. The van der Waals surface area contributed by atoms with Gasteiger partial charge in [0.25, 0.3) is 0 Å². The number of benzene rings is 1. The van der Waals surface area contributed by atoms with E-state index in [0.29, 0.717) is 6.42 Å². The van der Waals surface area contributed by atoms with Crippen LogP contribution in [0, 0.1) is 0 Å². The van der Waals surface area contributed by atoms with Crippen molar-refractivity contribution in [3.05, 3.63) is 30.0 Å². The van der Waals surface area contributed by atoms with Gasteiger partial charge in [-0.2, -0.15) is 0 Å². The fraction of sp³-hybridized carbons (Fsp3) is 0.500. The van der Waals surface area contributed by atoms with Gasteiger partial charge in [-0.25, -0.2) is 0 Å². The number of carbonyl (C=O) groups excluding carboxylic acids is 1. The third-order valence-electron chi connectivity index (χ3n) is 5.26. The van der Waals surface area contributed by atoms with E-state index < -0.39 is 19.1 Å². The van der Waals surface area contributed by atoms with E-state index in [1.165, 1.54) is 7.11 Å². The Balaban J connectivity index is 1.90. The van der Waals surface area contributed by atoms with Gasteiger partial charge < -0.3 is 24.8 Å². The minimum Gasteiger partial charge on any atom is -0.468 e. The molecule has 1 aromatic heterocycles. The first-order chi connectivity index (χ1) is 11.6. The average molecular weight is 344 g/mol. The van der Waals surface area contributed by atoms with E-state index >= 15 is 0 Å². The summed E-state index contributed by atoms with van der Waals surface area (Å²) >= 11 is 0. The molecule has 25 heavy (non-hydrogen) atoms. The highest BCUT2D eigenvalue weighted by Gasteiger charge is 2.51. The van der Waals surface area contributed by atoms with Crippen LogP contribution in [-0.4, -0.2) is 42.4 Å². The summed E-state index contributed by atoms with van der Waals surface area (Å²) in [5.41, 5.74) is 8.01. The summed E-state index contributed by atoms with van der Waals surface area (Å²) in [5, 5.41) is 1.01. The van der Waals surface area contributed by atoms with Gasteiger partial charge in [0.1, 0.15) is 6.04 Å². The summed E-state index contributed by atoms with van der Waals surface area (Å²) < 4.78 is 17.0. The van der Waals surface area contributed by atoms with E-state index in [4.69, 9.17) is 19.8 Å². The molecule has 1 aliphatic rings. The van der Waals surface area contributed by atoms with E-state index in [1.54, 1.807) is 0 Å². The molecule has 0 radical (unpaired) electrons. The molecule has 2 heterocycles. The number of nitrogens with two attached hydrogens (primary N) is 1. The highest BCUT2D eigenvalue weighted by Crippen LogP contribution is 2.36. The molecule has 0 spiro atoms. The molecule has 0 aliphatic carbocycles. The number of hydrogen-bond donors (Lipinski definition) is 2. The van der Waals surface area contributed by atoms with Crippen molar-refractivity contribution in [2.24, 2.45) is 5.73 Å². The Kier molecular flexibility index (Phi) is 4.43. The standard InChI is InChI=1S/C18H25BN2O4/c1-17(2)18(3,4)25-19(24-17)12-6-7-15-13(9-12)11(10-21-15)8-14(20)16(22)23-5/h6-7,9-10,14,21H,8,20H2,1-5H3. The van der Waals surface area contributed by atoms with E-state index in [0.717, 1.165) is 21.9 Å². The molecule has 0 bridgehead atoms. The highest BCUT2D eigenvalue weighted by atomic mass is 16.7. The Labute approximate surface area is 148 Å². The van der Waals surface area contributed by atoms with Crippen molar-refractivity contribution < 1.29 is 18.8 Å². The second-order valence-corrected chi connectivity index (χ2v) is 7.54. The molecule has 6 nitrogen and oxygen atoms in total. The number of methoxy groups -OCH3 is 1. The van der Waals surface area contributed by atoms with Crippen LogP contribution < -0.4 is 11.2 Å². The van der Waals surface area contributed by atoms with E-state index in [2.05, 4.69) is 4.98 Å². The summed E-state index contributed by atoms with van der Waals surface area (Å²) in [5.74, 6) is -0.420. The predicted octanol–water partition coefficient (Wildman–Crippen LogP) is 1.51. The van der Waals surface area contributed by atoms with Gasteiger partial charge in [0, 0.05) is 23.5 Å². The van der Waals surface area contributed by atoms with Crippen molar-refractivity contribution in [3.8, 4) is 0 Å². The van der Waals surface area contributed by atoms with Crippen molar-refractivity contribution in [1.82, 2.24) is 4.98 Å². The number of aromatic amines is 1. The number of ether oxygens (including phenoxy) is 1. The lowest BCUT2D eigenvalue weighted by atomic mass is 9.78. The van der Waals surface area contributed by atoms with Crippen molar-refractivity contribution in [2.75, 3.05) is 7.11 Å². The quantitative estimate of drug-likeness (QED) is 0.649. The van der Waals surface area contributed by atoms with Crippen LogP contribution in [0.1, 0.15) is 33.3 Å². The third-order valence-corrected chi connectivity index (χ3v) is 5.26. The second-order valence-electron chi connectivity index (χ2n) is 7.54. The third kappa shape index (κ3) is 3.19. The van der Waals surface area contributed by atoms with E-state index in [-0.39, 0.29) is 11.2 Å². The molecule has 0 saturated carbocycles. The summed E-state index contributed by atoms with van der Waals surface area (Å²) in [6, 6.07) is 5.32. The predicted molar refractivity (Wildman–Crippen MR) is 97.7 cm³/mol. The van der Waals surface area contributed by atoms with Gasteiger partial charge >= 0.3 is 13.1 Å². The van der Waals surface area contributed by atoms with Gasteiger partial charge in [-0.15, -0.1) is 0 Å². The molecule has 0 amide bonds. The van der Waals surface area contributed by atoms with Crippen LogP contribution in [0.3, 0.4) is 0 Å². The van der Waals surface area contributed by atoms with Crippen LogP contribution in [0.15, 0.2) is 24.4 Å². The molecule has 1 aromatic carbocycles. The van der Waals surface area contributed by atoms with Gasteiger partial charge in [-0.05, 0) is 44.8 Å². The van der Waals surface area contributed by atoms with Crippen molar-refractivity contribution >= 4 is 29.5 Å². The largest absolute Gasteiger partial charge is 0.494 e. The van der Waals surface area contributed by atoms with Gasteiger partial charge in [0.15, 0.2) is 0 Å². The zero-order valence-corrected chi connectivity index (χ0v) is 15.4. The monoisotopic (exact) mass is 344 g/mol. The van der Waals surface area contributed by atoms with Gasteiger partial charge in [0.2, 0.25) is 0 Å². The molecule has 1 unspecified atom stereocenters. The van der Waals surface area contributed by atoms with Gasteiger partial charge in [-0.3, -0.25) is 4.79 Å². The normalized spacial score (nSPS) is 20.0.